The quantitative estimate of drug-likeness (QED) is 0.440. The summed E-state index contributed by atoms with van der Waals surface area (Å²) in [6.07, 6.45) is 13.4. The summed E-state index contributed by atoms with van der Waals surface area (Å²) in [5, 5.41) is 2.37. The highest BCUT2D eigenvalue weighted by molar-refractivity contribution is 6.05. The molecule has 1 aromatic carbocycles. The number of nitrogens with zero attached hydrogens (tertiary/aromatic N) is 1. The molecule has 0 saturated carbocycles. The smallest absolute Gasteiger partial charge is 0.255 e. The van der Waals surface area contributed by atoms with Crippen molar-refractivity contribution in [1.82, 2.24) is 10.2 Å². The molecule has 0 aromatic heterocycles. The summed E-state index contributed by atoms with van der Waals surface area (Å²) in [6.45, 7) is 2.73. The zero-order valence-corrected chi connectivity index (χ0v) is 17.7. The lowest BCUT2D eigenvalue weighted by atomic mass is 9.98. The van der Waals surface area contributed by atoms with Crippen LogP contribution in [0.4, 0.5) is 0 Å². The van der Waals surface area contributed by atoms with E-state index in [9.17, 15) is 14.4 Å². The number of piperidine rings is 1. The lowest BCUT2D eigenvalue weighted by Crippen LogP contribution is -2.52. The molecule has 0 bridgehead atoms. The van der Waals surface area contributed by atoms with Crippen LogP contribution >= 0.6 is 0 Å². The minimum Gasteiger partial charge on any atom is -0.322 e. The third kappa shape index (κ3) is 5.46. The van der Waals surface area contributed by atoms with Crippen molar-refractivity contribution in [2.24, 2.45) is 0 Å². The molecule has 1 saturated heterocycles. The van der Waals surface area contributed by atoms with Crippen molar-refractivity contribution >= 4 is 17.7 Å². The van der Waals surface area contributed by atoms with Gasteiger partial charge in [0.05, 0.1) is 0 Å². The Balaban J connectivity index is 1.49. The van der Waals surface area contributed by atoms with Gasteiger partial charge in [-0.1, -0.05) is 70.4 Å². The van der Waals surface area contributed by atoms with E-state index in [1.54, 1.807) is 4.90 Å². The fourth-order valence-electron chi connectivity index (χ4n) is 4.51. The van der Waals surface area contributed by atoms with E-state index in [1.165, 1.54) is 56.9 Å². The Kier molecular flexibility index (Phi) is 7.84. The van der Waals surface area contributed by atoms with Gasteiger partial charge in [-0.25, -0.2) is 0 Å². The molecule has 1 N–H and O–H groups in total. The monoisotopic (exact) mass is 398 g/mol. The normalized spacial score (nSPS) is 18.9. The van der Waals surface area contributed by atoms with E-state index < -0.39 is 6.04 Å². The van der Waals surface area contributed by atoms with Gasteiger partial charge in [0.2, 0.25) is 11.8 Å². The van der Waals surface area contributed by atoms with E-state index in [0.29, 0.717) is 19.4 Å². The SMILES string of the molecule is CCCCCCCCCCCc1cccc2c1CN(C1CCC(=O)NC1=O)C2=O. The van der Waals surface area contributed by atoms with Gasteiger partial charge in [0.15, 0.2) is 0 Å². The first-order valence-corrected chi connectivity index (χ1v) is 11.4. The predicted octanol–water partition coefficient (Wildman–Crippen LogP) is 4.52. The summed E-state index contributed by atoms with van der Waals surface area (Å²) in [5.41, 5.74) is 3.03. The Morgan fingerprint density at radius 1 is 0.966 bits per heavy atom. The van der Waals surface area contributed by atoms with Crippen molar-refractivity contribution in [3.63, 3.8) is 0 Å². The molecule has 1 aromatic rings. The summed E-state index contributed by atoms with van der Waals surface area (Å²) in [5.74, 6) is -0.673. The Morgan fingerprint density at radius 3 is 2.34 bits per heavy atom. The molecule has 158 valence electrons. The lowest BCUT2D eigenvalue weighted by molar-refractivity contribution is -0.136. The van der Waals surface area contributed by atoms with Crippen molar-refractivity contribution < 1.29 is 14.4 Å². The van der Waals surface area contributed by atoms with Gasteiger partial charge in [-0.3, -0.25) is 19.7 Å². The standard InChI is InChI=1S/C24H34N2O3/c1-2-3-4-5-6-7-8-9-10-12-18-13-11-14-19-20(18)17-26(24(19)29)21-15-16-22(27)25-23(21)28/h11,13-14,21H,2-10,12,15-17H2,1H3,(H,25,27,28). The van der Waals surface area contributed by atoms with Gasteiger partial charge in [0.1, 0.15) is 6.04 Å². The molecule has 2 heterocycles. The number of aryl methyl sites for hydroxylation is 1. The van der Waals surface area contributed by atoms with E-state index in [4.69, 9.17) is 0 Å². The molecule has 0 spiro atoms. The van der Waals surface area contributed by atoms with E-state index in [-0.39, 0.29) is 17.7 Å². The molecule has 3 rings (SSSR count). The first kappa shape index (κ1) is 21.5. The molecule has 1 fully saturated rings. The van der Waals surface area contributed by atoms with Crippen molar-refractivity contribution in [1.29, 1.82) is 0 Å². The Labute approximate surface area is 174 Å². The number of imide groups is 1. The molecule has 2 aliphatic rings. The van der Waals surface area contributed by atoms with Crippen LogP contribution < -0.4 is 5.32 Å². The Morgan fingerprint density at radius 2 is 1.66 bits per heavy atom. The highest BCUT2D eigenvalue weighted by Crippen LogP contribution is 2.30. The number of unbranched alkanes of at least 4 members (excludes halogenated alkanes) is 8. The zero-order chi connectivity index (χ0) is 20.6. The maximum absolute atomic E-state index is 12.9. The van der Waals surface area contributed by atoms with Gasteiger partial charge in [0, 0.05) is 18.5 Å². The van der Waals surface area contributed by atoms with Crippen molar-refractivity contribution in [3.8, 4) is 0 Å². The number of nitrogens with one attached hydrogen (secondary N) is 1. The van der Waals surface area contributed by atoms with Crippen LogP contribution in [0.3, 0.4) is 0 Å². The predicted molar refractivity (Wildman–Crippen MR) is 113 cm³/mol. The van der Waals surface area contributed by atoms with Gasteiger partial charge in [0.25, 0.3) is 5.91 Å². The maximum atomic E-state index is 12.9. The van der Waals surface area contributed by atoms with Crippen LogP contribution in [-0.2, 0) is 22.6 Å². The fourth-order valence-corrected chi connectivity index (χ4v) is 4.51. The summed E-state index contributed by atoms with van der Waals surface area (Å²) in [4.78, 5) is 38.1. The van der Waals surface area contributed by atoms with Crippen LogP contribution in [0, 0.1) is 0 Å². The molecule has 1 atom stereocenters. The second kappa shape index (κ2) is 10.6. The molecule has 5 nitrogen and oxygen atoms in total. The zero-order valence-electron chi connectivity index (χ0n) is 17.7. The number of hydrogen-bond donors (Lipinski definition) is 1. The second-order valence-electron chi connectivity index (χ2n) is 8.42. The molecule has 2 aliphatic heterocycles. The number of carbonyl (C=O) groups excluding carboxylic acids is 3. The molecule has 0 aliphatic carbocycles. The minimum atomic E-state index is -0.534. The van der Waals surface area contributed by atoms with Crippen LogP contribution in [0.1, 0.15) is 99.0 Å². The lowest BCUT2D eigenvalue weighted by Gasteiger charge is -2.29. The van der Waals surface area contributed by atoms with Crippen LogP contribution in [0.25, 0.3) is 0 Å². The third-order valence-electron chi connectivity index (χ3n) is 6.23. The van der Waals surface area contributed by atoms with E-state index in [2.05, 4.69) is 18.3 Å². The number of fused-ring (bicyclic) bond motifs is 1. The van der Waals surface area contributed by atoms with Gasteiger partial charge < -0.3 is 4.90 Å². The number of amides is 3. The second-order valence-corrected chi connectivity index (χ2v) is 8.42. The van der Waals surface area contributed by atoms with Crippen LogP contribution in [0.15, 0.2) is 18.2 Å². The molecule has 3 amide bonds. The van der Waals surface area contributed by atoms with Crippen LogP contribution in [0.5, 0.6) is 0 Å². The molecule has 1 unspecified atom stereocenters. The largest absolute Gasteiger partial charge is 0.322 e. The minimum absolute atomic E-state index is 0.0802. The highest BCUT2D eigenvalue weighted by atomic mass is 16.2. The summed E-state index contributed by atoms with van der Waals surface area (Å²) in [6, 6.07) is 5.40. The number of rotatable bonds is 11. The van der Waals surface area contributed by atoms with Crippen molar-refractivity contribution in [2.45, 2.75) is 96.6 Å². The van der Waals surface area contributed by atoms with E-state index >= 15 is 0 Å². The first-order valence-electron chi connectivity index (χ1n) is 11.4. The Bertz CT molecular complexity index is 744. The first-order chi connectivity index (χ1) is 14.1. The molecule has 29 heavy (non-hydrogen) atoms. The average Bonchev–Trinajstić information content (AvgIpc) is 3.04. The van der Waals surface area contributed by atoms with E-state index in [1.807, 2.05) is 12.1 Å². The van der Waals surface area contributed by atoms with E-state index in [0.717, 1.165) is 24.0 Å². The number of carbonyl (C=O) groups is 3. The van der Waals surface area contributed by atoms with Crippen molar-refractivity contribution in [2.75, 3.05) is 0 Å². The average molecular weight is 399 g/mol. The fraction of sp³-hybridized carbons (Fsp3) is 0.625. The summed E-state index contributed by atoms with van der Waals surface area (Å²) < 4.78 is 0. The number of hydrogen-bond acceptors (Lipinski definition) is 3. The third-order valence-corrected chi connectivity index (χ3v) is 6.23. The molecular formula is C24H34N2O3. The van der Waals surface area contributed by atoms with Gasteiger partial charge in [-0.05, 0) is 36.5 Å². The van der Waals surface area contributed by atoms with Crippen LogP contribution in [0.2, 0.25) is 0 Å². The topological polar surface area (TPSA) is 66.5 Å². The molecular weight excluding hydrogens is 364 g/mol. The van der Waals surface area contributed by atoms with Crippen molar-refractivity contribution in [3.05, 3.63) is 34.9 Å². The van der Waals surface area contributed by atoms with Gasteiger partial charge in [-0.2, -0.15) is 0 Å². The number of benzene rings is 1. The van der Waals surface area contributed by atoms with Crippen LogP contribution in [-0.4, -0.2) is 28.7 Å². The summed E-state index contributed by atoms with van der Waals surface area (Å²) >= 11 is 0. The molecule has 5 heteroatoms. The highest BCUT2D eigenvalue weighted by Gasteiger charge is 2.39. The molecule has 0 radical (unpaired) electrons. The van der Waals surface area contributed by atoms with Gasteiger partial charge in [-0.15, -0.1) is 0 Å². The van der Waals surface area contributed by atoms with Gasteiger partial charge >= 0.3 is 0 Å². The summed E-state index contributed by atoms with van der Waals surface area (Å²) in [7, 11) is 0. The maximum Gasteiger partial charge on any atom is 0.255 e. The Hall–Kier alpha value is -2.17.